The molecule has 4 heterocycles. The van der Waals surface area contributed by atoms with E-state index in [2.05, 4.69) is 21.7 Å². The van der Waals surface area contributed by atoms with Crippen LogP contribution < -0.4 is 5.32 Å². The van der Waals surface area contributed by atoms with Crippen molar-refractivity contribution < 1.29 is 4.74 Å². The van der Waals surface area contributed by atoms with Crippen molar-refractivity contribution in [2.45, 2.75) is 63.6 Å². The SMILES string of the molecule is C.Cn1cc(C2CC3(CC(C4CCC4)N2)OCCc2cc(Cl)sc23)nn1. The molecule has 1 spiro atoms. The third-order valence-corrected chi connectivity index (χ3v) is 7.63. The van der Waals surface area contributed by atoms with E-state index in [1.165, 1.54) is 29.7 Å². The Morgan fingerprint density at radius 1 is 1.38 bits per heavy atom. The van der Waals surface area contributed by atoms with Crippen molar-refractivity contribution >= 4 is 22.9 Å². The first kappa shape index (κ1) is 18.4. The summed E-state index contributed by atoms with van der Waals surface area (Å²) in [5.41, 5.74) is 2.18. The van der Waals surface area contributed by atoms with Gasteiger partial charge in [-0.05, 0) is 43.2 Å². The molecule has 0 bridgehead atoms. The van der Waals surface area contributed by atoms with Gasteiger partial charge in [0.2, 0.25) is 0 Å². The summed E-state index contributed by atoms with van der Waals surface area (Å²) in [6, 6.07) is 2.80. The lowest BCUT2D eigenvalue weighted by Crippen LogP contribution is -2.54. The van der Waals surface area contributed by atoms with Crippen molar-refractivity contribution in [3.05, 3.63) is 32.7 Å². The number of aromatic nitrogens is 3. The first-order valence-electron chi connectivity index (χ1n) is 9.18. The molecule has 5 nitrogen and oxygen atoms in total. The number of rotatable bonds is 2. The van der Waals surface area contributed by atoms with Crippen molar-refractivity contribution in [2.75, 3.05) is 6.61 Å². The van der Waals surface area contributed by atoms with Crippen LogP contribution in [0, 0.1) is 5.92 Å². The number of aryl methyl sites for hydroxylation is 1. The minimum absolute atomic E-state index is 0. The van der Waals surface area contributed by atoms with E-state index >= 15 is 0 Å². The van der Waals surface area contributed by atoms with Crippen LogP contribution in [0.2, 0.25) is 4.34 Å². The van der Waals surface area contributed by atoms with Gasteiger partial charge in [0.15, 0.2) is 0 Å². The van der Waals surface area contributed by atoms with Crippen molar-refractivity contribution in [1.29, 1.82) is 0 Å². The summed E-state index contributed by atoms with van der Waals surface area (Å²) in [7, 11) is 1.92. The molecule has 3 aliphatic rings. The van der Waals surface area contributed by atoms with E-state index < -0.39 is 0 Å². The number of thiophene rings is 1. The van der Waals surface area contributed by atoms with Gasteiger partial charge in [-0.25, -0.2) is 0 Å². The summed E-state index contributed by atoms with van der Waals surface area (Å²) >= 11 is 8.08. The van der Waals surface area contributed by atoms with Gasteiger partial charge in [-0.3, -0.25) is 4.68 Å². The van der Waals surface area contributed by atoms with Crippen molar-refractivity contribution in [1.82, 2.24) is 20.3 Å². The van der Waals surface area contributed by atoms with Gasteiger partial charge in [-0.2, -0.15) is 0 Å². The van der Waals surface area contributed by atoms with Gasteiger partial charge in [0.1, 0.15) is 5.60 Å². The van der Waals surface area contributed by atoms with Gasteiger partial charge in [0.25, 0.3) is 0 Å². The Balaban J connectivity index is 0.00000168. The summed E-state index contributed by atoms with van der Waals surface area (Å²) in [5.74, 6) is 0.751. The molecular formula is C19H27ClN4OS. The molecule has 0 amide bonds. The molecule has 5 rings (SSSR count). The maximum Gasteiger partial charge on any atom is 0.106 e. The quantitative estimate of drug-likeness (QED) is 0.828. The first-order chi connectivity index (χ1) is 12.1. The average Bonchev–Trinajstić information content (AvgIpc) is 3.12. The Labute approximate surface area is 164 Å². The Morgan fingerprint density at radius 3 is 2.92 bits per heavy atom. The molecule has 26 heavy (non-hydrogen) atoms. The zero-order valence-corrected chi connectivity index (χ0v) is 15.9. The van der Waals surface area contributed by atoms with E-state index in [0.717, 1.165) is 41.8 Å². The fourth-order valence-electron chi connectivity index (χ4n) is 4.70. The van der Waals surface area contributed by atoms with E-state index in [1.807, 2.05) is 13.2 Å². The molecule has 1 N–H and O–H groups in total. The molecule has 2 aromatic rings. The van der Waals surface area contributed by atoms with Crippen LogP contribution in [-0.2, 0) is 23.8 Å². The third-order valence-electron chi connectivity index (χ3n) is 6.14. The number of hydrogen-bond donors (Lipinski definition) is 1. The van der Waals surface area contributed by atoms with Crippen molar-refractivity contribution in [3.8, 4) is 0 Å². The molecule has 0 radical (unpaired) electrons. The van der Waals surface area contributed by atoms with E-state index in [4.69, 9.17) is 16.3 Å². The lowest BCUT2D eigenvalue weighted by atomic mass is 9.70. The average molecular weight is 395 g/mol. The van der Waals surface area contributed by atoms with Crippen molar-refractivity contribution in [2.24, 2.45) is 13.0 Å². The minimum Gasteiger partial charge on any atom is -0.369 e. The van der Waals surface area contributed by atoms with Crippen LogP contribution in [0.5, 0.6) is 0 Å². The highest BCUT2D eigenvalue weighted by molar-refractivity contribution is 7.16. The highest BCUT2D eigenvalue weighted by Crippen LogP contribution is 2.51. The number of halogens is 1. The molecule has 2 fully saturated rings. The summed E-state index contributed by atoms with van der Waals surface area (Å²) < 4.78 is 9.17. The summed E-state index contributed by atoms with van der Waals surface area (Å²) in [6.07, 6.45) is 8.93. The molecule has 1 saturated heterocycles. The lowest BCUT2D eigenvalue weighted by molar-refractivity contribution is -0.106. The predicted octanol–water partition coefficient (Wildman–Crippen LogP) is 4.23. The van der Waals surface area contributed by atoms with Crippen LogP contribution >= 0.6 is 22.9 Å². The van der Waals surface area contributed by atoms with Crippen molar-refractivity contribution in [3.63, 3.8) is 0 Å². The van der Waals surface area contributed by atoms with E-state index in [0.29, 0.717) is 6.04 Å². The molecule has 7 heteroatoms. The Hall–Kier alpha value is -0.950. The number of ether oxygens (including phenoxy) is 1. The Morgan fingerprint density at radius 2 is 2.23 bits per heavy atom. The van der Waals surface area contributed by atoms with E-state index in [9.17, 15) is 0 Å². The second-order valence-electron chi connectivity index (χ2n) is 7.74. The van der Waals surface area contributed by atoms with Crippen LogP contribution in [-0.4, -0.2) is 27.6 Å². The van der Waals surface area contributed by atoms with Crippen LogP contribution in [0.25, 0.3) is 0 Å². The molecule has 142 valence electrons. The smallest absolute Gasteiger partial charge is 0.106 e. The van der Waals surface area contributed by atoms with Crippen LogP contribution in [0.3, 0.4) is 0 Å². The maximum absolute atomic E-state index is 6.51. The van der Waals surface area contributed by atoms with E-state index in [1.54, 1.807) is 16.0 Å². The monoisotopic (exact) mass is 394 g/mol. The normalized spacial score (nSPS) is 31.3. The molecule has 1 aliphatic carbocycles. The lowest BCUT2D eigenvalue weighted by Gasteiger charge is -2.49. The molecule has 3 unspecified atom stereocenters. The number of hydrogen-bond acceptors (Lipinski definition) is 5. The van der Waals surface area contributed by atoms with Crippen LogP contribution in [0.4, 0.5) is 0 Å². The number of nitrogens with zero attached hydrogens (tertiary/aromatic N) is 3. The first-order valence-corrected chi connectivity index (χ1v) is 10.4. The molecular weight excluding hydrogens is 368 g/mol. The Kier molecular flexibility index (Phi) is 4.88. The third kappa shape index (κ3) is 3.01. The fraction of sp³-hybridized carbons (Fsp3) is 0.684. The molecule has 0 aromatic carbocycles. The standard InChI is InChI=1S/C18H23ClN4OS.CH4/c1-23-10-15(21-22-23)14-9-18(8-13(20-14)11-3-2-4-11)17-12(5-6-24-18)7-16(19)25-17;/h7,10-11,13-14,20H,2-6,8-9H2,1H3;1H4. The molecule has 1 saturated carbocycles. The maximum atomic E-state index is 6.51. The highest BCUT2D eigenvalue weighted by Gasteiger charge is 2.49. The van der Waals surface area contributed by atoms with Gasteiger partial charge in [-0.15, -0.1) is 16.4 Å². The largest absolute Gasteiger partial charge is 0.369 e. The number of fused-ring (bicyclic) bond motifs is 2. The summed E-state index contributed by atoms with van der Waals surface area (Å²) in [5, 5.41) is 12.4. The van der Waals surface area contributed by atoms with Crippen LogP contribution in [0.1, 0.15) is 61.7 Å². The molecule has 2 aliphatic heterocycles. The van der Waals surface area contributed by atoms with Gasteiger partial charge < -0.3 is 10.1 Å². The molecule has 2 aromatic heterocycles. The van der Waals surface area contributed by atoms with E-state index in [-0.39, 0.29) is 19.1 Å². The predicted molar refractivity (Wildman–Crippen MR) is 105 cm³/mol. The van der Waals surface area contributed by atoms with Gasteiger partial charge in [0.05, 0.1) is 22.7 Å². The van der Waals surface area contributed by atoms with Gasteiger partial charge >= 0.3 is 0 Å². The topological polar surface area (TPSA) is 52.0 Å². The van der Waals surface area contributed by atoms with Crippen LogP contribution in [0.15, 0.2) is 12.3 Å². The number of nitrogens with one attached hydrogen (secondary N) is 1. The molecule has 3 atom stereocenters. The second-order valence-corrected chi connectivity index (χ2v) is 9.42. The highest BCUT2D eigenvalue weighted by atomic mass is 35.5. The van der Waals surface area contributed by atoms with Gasteiger partial charge in [0, 0.05) is 30.6 Å². The zero-order valence-electron chi connectivity index (χ0n) is 14.4. The summed E-state index contributed by atoms with van der Waals surface area (Å²) in [6.45, 7) is 0.782. The number of piperidine rings is 1. The Bertz CT molecular complexity index is 786. The van der Waals surface area contributed by atoms with Gasteiger partial charge in [-0.1, -0.05) is 30.7 Å². The minimum atomic E-state index is -0.223. The fourth-order valence-corrected chi connectivity index (χ4v) is 6.16. The summed E-state index contributed by atoms with van der Waals surface area (Å²) in [4.78, 5) is 1.35. The zero-order chi connectivity index (χ0) is 17.0. The second kappa shape index (κ2) is 6.89.